The third kappa shape index (κ3) is 4.05. The van der Waals surface area contributed by atoms with Crippen LogP contribution in [0.15, 0.2) is 48.3 Å². The van der Waals surface area contributed by atoms with E-state index < -0.39 is 11.7 Å². The number of nitrogens with zero attached hydrogens (tertiary/aromatic N) is 1. The molecule has 1 aliphatic rings. The van der Waals surface area contributed by atoms with Gasteiger partial charge in [-0.2, -0.15) is 0 Å². The first-order valence-corrected chi connectivity index (χ1v) is 6.65. The van der Waals surface area contributed by atoms with E-state index in [0.717, 1.165) is 24.8 Å². The van der Waals surface area contributed by atoms with Crippen molar-refractivity contribution in [2.24, 2.45) is 0 Å². The summed E-state index contributed by atoms with van der Waals surface area (Å²) in [5.41, 5.74) is 0.983. The molecule has 100 valence electrons. The van der Waals surface area contributed by atoms with Crippen LogP contribution < -0.4 is 0 Å². The van der Waals surface area contributed by atoms with Crippen LogP contribution in [0.3, 0.4) is 0 Å². The molecule has 0 aliphatic carbocycles. The molecule has 0 radical (unpaired) electrons. The lowest BCUT2D eigenvalue weighted by atomic mass is 10.1. The number of carbonyl (C=O) groups is 1. The largest absolute Gasteiger partial charge is 0.337 e. The summed E-state index contributed by atoms with van der Waals surface area (Å²) in [5.74, 6) is -1.17. The van der Waals surface area contributed by atoms with Crippen molar-refractivity contribution in [2.75, 3.05) is 13.1 Å². The first-order chi connectivity index (χ1) is 9.27. The Hall–Kier alpha value is -1.90. The quantitative estimate of drug-likeness (QED) is 0.600. The monoisotopic (exact) mass is 259 g/mol. The van der Waals surface area contributed by atoms with Gasteiger partial charge in [-0.05, 0) is 30.9 Å². The Kier molecular flexibility index (Phi) is 4.90. The summed E-state index contributed by atoms with van der Waals surface area (Å²) in [6, 6.07) is 9.61. The van der Waals surface area contributed by atoms with Crippen LogP contribution in [0.1, 0.15) is 24.8 Å². The number of allylic oxidation sites excluding steroid dienone is 2. The molecule has 0 atom stereocenters. The van der Waals surface area contributed by atoms with Crippen LogP contribution in [0.2, 0.25) is 0 Å². The molecule has 0 unspecified atom stereocenters. The van der Waals surface area contributed by atoms with E-state index >= 15 is 0 Å². The molecule has 0 aromatic heterocycles. The summed E-state index contributed by atoms with van der Waals surface area (Å²) in [6.07, 6.45) is 7.67. The SMILES string of the molecule is O=C(/C(F)=C\C=C\c1ccccc1)N1CCCCC1. The summed E-state index contributed by atoms with van der Waals surface area (Å²) in [5, 5.41) is 0. The van der Waals surface area contributed by atoms with Gasteiger partial charge in [0.15, 0.2) is 5.83 Å². The highest BCUT2D eigenvalue weighted by molar-refractivity contribution is 5.91. The number of carbonyl (C=O) groups excluding carboxylic acids is 1. The predicted octanol–water partition coefficient (Wildman–Crippen LogP) is 3.57. The average Bonchev–Trinajstić information content (AvgIpc) is 2.48. The smallest absolute Gasteiger partial charge is 0.282 e. The highest BCUT2D eigenvalue weighted by Gasteiger charge is 2.19. The van der Waals surface area contributed by atoms with Crippen LogP contribution in [-0.4, -0.2) is 23.9 Å². The van der Waals surface area contributed by atoms with Gasteiger partial charge >= 0.3 is 0 Å². The lowest BCUT2D eigenvalue weighted by Gasteiger charge is -2.25. The second-order valence-corrected chi connectivity index (χ2v) is 4.64. The van der Waals surface area contributed by atoms with Gasteiger partial charge < -0.3 is 4.90 Å². The van der Waals surface area contributed by atoms with Crippen molar-refractivity contribution in [3.8, 4) is 0 Å². The third-order valence-electron chi connectivity index (χ3n) is 3.18. The van der Waals surface area contributed by atoms with E-state index in [1.54, 1.807) is 17.1 Å². The van der Waals surface area contributed by atoms with Crippen molar-refractivity contribution in [1.29, 1.82) is 0 Å². The van der Waals surface area contributed by atoms with Gasteiger partial charge in [0.1, 0.15) is 0 Å². The molecule has 1 aliphatic heterocycles. The molecular formula is C16H18FNO. The maximum atomic E-state index is 13.7. The van der Waals surface area contributed by atoms with E-state index in [1.807, 2.05) is 30.3 Å². The predicted molar refractivity (Wildman–Crippen MR) is 75.1 cm³/mol. The van der Waals surface area contributed by atoms with Gasteiger partial charge in [0.25, 0.3) is 5.91 Å². The number of hydrogen-bond donors (Lipinski definition) is 0. The number of piperidine rings is 1. The van der Waals surface area contributed by atoms with Crippen molar-refractivity contribution in [1.82, 2.24) is 4.90 Å². The van der Waals surface area contributed by atoms with Crippen LogP contribution in [0, 0.1) is 0 Å². The number of rotatable bonds is 3. The van der Waals surface area contributed by atoms with Gasteiger partial charge in [-0.3, -0.25) is 4.79 Å². The Morgan fingerprint density at radius 2 is 1.79 bits per heavy atom. The van der Waals surface area contributed by atoms with E-state index in [9.17, 15) is 9.18 Å². The van der Waals surface area contributed by atoms with Gasteiger partial charge in [0.2, 0.25) is 0 Å². The third-order valence-corrected chi connectivity index (χ3v) is 3.18. The minimum atomic E-state index is -0.686. The van der Waals surface area contributed by atoms with Crippen molar-refractivity contribution in [2.45, 2.75) is 19.3 Å². The number of halogens is 1. The average molecular weight is 259 g/mol. The molecule has 1 aromatic rings. The first kappa shape index (κ1) is 13.5. The van der Waals surface area contributed by atoms with Crippen LogP contribution in [0.25, 0.3) is 6.08 Å². The molecule has 1 fully saturated rings. The van der Waals surface area contributed by atoms with Gasteiger partial charge in [0.05, 0.1) is 0 Å². The highest BCUT2D eigenvalue weighted by atomic mass is 19.1. The van der Waals surface area contributed by atoms with E-state index in [-0.39, 0.29) is 0 Å². The summed E-state index contributed by atoms with van der Waals surface area (Å²) in [7, 11) is 0. The Balaban J connectivity index is 1.94. The fraction of sp³-hybridized carbons (Fsp3) is 0.312. The molecule has 1 heterocycles. The maximum Gasteiger partial charge on any atom is 0.282 e. The van der Waals surface area contributed by atoms with Crippen molar-refractivity contribution in [3.63, 3.8) is 0 Å². The molecule has 1 aromatic carbocycles. The van der Waals surface area contributed by atoms with Crippen LogP contribution >= 0.6 is 0 Å². The maximum absolute atomic E-state index is 13.7. The minimum absolute atomic E-state index is 0.489. The van der Waals surface area contributed by atoms with Crippen molar-refractivity contribution < 1.29 is 9.18 Å². The minimum Gasteiger partial charge on any atom is -0.337 e. The van der Waals surface area contributed by atoms with E-state index in [0.29, 0.717) is 13.1 Å². The zero-order chi connectivity index (χ0) is 13.5. The number of hydrogen-bond acceptors (Lipinski definition) is 1. The van der Waals surface area contributed by atoms with Crippen molar-refractivity contribution >= 4 is 12.0 Å². The lowest BCUT2D eigenvalue weighted by Crippen LogP contribution is -2.35. The Labute approximate surface area is 113 Å². The standard InChI is InChI=1S/C16H18FNO/c17-15(16(19)18-12-5-2-6-13-18)11-7-10-14-8-3-1-4-9-14/h1,3-4,7-11H,2,5-6,12-13H2/b10-7+,15-11+. The number of amides is 1. The fourth-order valence-electron chi connectivity index (χ4n) is 2.13. The second-order valence-electron chi connectivity index (χ2n) is 4.64. The molecule has 0 N–H and O–H groups in total. The van der Waals surface area contributed by atoms with Gasteiger partial charge in [-0.15, -0.1) is 0 Å². The molecule has 19 heavy (non-hydrogen) atoms. The summed E-state index contributed by atoms with van der Waals surface area (Å²) >= 11 is 0. The van der Waals surface area contributed by atoms with E-state index in [2.05, 4.69) is 0 Å². The highest BCUT2D eigenvalue weighted by Crippen LogP contribution is 2.13. The van der Waals surface area contributed by atoms with Crippen LogP contribution in [0.4, 0.5) is 4.39 Å². The molecular weight excluding hydrogens is 241 g/mol. The second kappa shape index (κ2) is 6.88. The van der Waals surface area contributed by atoms with Crippen LogP contribution in [0.5, 0.6) is 0 Å². The summed E-state index contributed by atoms with van der Waals surface area (Å²) < 4.78 is 13.7. The Bertz CT molecular complexity index is 473. The molecule has 1 amide bonds. The van der Waals surface area contributed by atoms with Gasteiger partial charge in [-0.1, -0.05) is 42.5 Å². The molecule has 3 heteroatoms. The van der Waals surface area contributed by atoms with Gasteiger partial charge in [0, 0.05) is 13.1 Å². The molecule has 1 saturated heterocycles. The molecule has 0 bridgehead atoms. The Morgan fingerprint density at radius 3 is 2.47 bits per heavy atom. The molecule has 0 spiro atoms. The normalized spacial score (nSPS) is 16.9. The topological polar surface area (TPSA) is 20.3 Å². The summed E-state index contributed by atoms with van der Waals surface area (Å²) in [6.45, 7) is 1.34. The van der Waals surface area contributed by atoms with E-state index in [1.165, 1.54) is 6.08 Å². The summed E-state index contributed by atoms with van der Waals surface area (Å²) in [4.78, 5) is 13.4. The molecule has 0 saturated carbocycles. The zero-order valence-corrected chi connectivity index (χ0v) is 10.9. The molecule has 2 rings (SSSR count). The fourth-order valence-corrected chi connectivity index (χ4v) is 2.13. The van der Waals surface area contributed by atoms with Crippen molar-refractivity contribution in [3.05, 3.63) is 53.9 Å². The first-order valence-electron chi connectivity index (χ1n) is 6.65. The zero-order valence-electron chi connectivity index (χ0n) is 10.9. The number of likely N-dealkylation sites (tertiary alicyclic amines) is 1. The van der Waals surface area contributed by atoms with Gasteiger partial charge in [-0.25, -0.2) is 4.39 Å². The Morgan fingerprint density at radius 1 is 1.11 bits per heavy atom. The van der Waals surface area contributed by atoms with Crippen LogP contribution in [-0.2, 0) is 4.79 Å². The number of benzene rings is 1. The lowest BCUT2D eigenvalue weighted by molar-refractivity contribution is -0.129. The van der Waals surface area contributed by atoms with E-state index in [4.69, 9.17) is 0 Å². The molecule has 2 nitrogen and oxygen atoms in total.